The van der Waals surface area contributed by atoms with Crippen molar-refractivity contribution in [1.82, 2.24) is 5.43 Å². The van der Waals surface area contributed by atoms with E-state index in [1.165, 1.54) is 18.3 Å². The van der Waals surface area contributed by atoms with Crippen molar-refractivity contribution in [1.29, 1.82) is 0 Å². The molecule has 0 aliphatic heterocycles. The molecule has 0 unspecified atom stereocenters. The molecule has 0 spiro atoms. The number of nitrogens with zero attached hydrogens (tertiary/aromatic N) is 1. The topological polar surface area (TPSA) is 63.5 Å². The summed E-state index contributed by atoms with van der Waals surface area (Å²) in [5.41, 5.74) is 8.29. The molecular weight excluding hydrogens is 289 g/mol. The highest BCUT2D eigenvalue weighted by Crippen LogP contribution is 2.26. The Morgan fingerprint density at radius 3 is 2.89 bits per heavy atom. The van der Waals surface area contributed by atoms with E-state index in [1.54, 1.807) is 18.2 Å². The molecule has 0 fully saturated rings. The van der Waals surface area contributed by atoms with Crippen molar-refractivity contribution in [3.8, 4) is 11.3 Å². The number of furan rings is 1. The van der Waals surface area contributed by atoms with Crippen molar-refractivity contribution in [3.63, 3.8) is 0 Å². The fourth-order valence-corrected chi connectivity index (χ4v) is 1.62. The van der Waals surface area contributed by atoms with Gasteiger partial charge in [0.05, 0.1) is 11.2 Å². The third-order valence-corrected chi connectivity index (χ3v) is 2.58. The number of nitrogens with two attached hydrogens (primary N) is 1. The summed E-state index contributed by atoms with van der Waals surface area (Å²) in [6.07, 6.45) is 1.42. The molecule has 2 aromatic rings. The van der Waals surface area contributed by atoms with E-state index in [4.69, 9.17) is 21.8 Å². The van der Waals surface area contributed by atoms with E-state index in [0.717, 1.165) is 0 Å². The highest BCUT2D eigenvalue weighted by molar-refractivity contribution is 7.80. The van der Waals surface area contributed by atoms with Crippen LogP contribution in [0.1, 0.15) is 5.76 Å². The quantitative estimate of drug-likeness (QED) is 0.519. The third kappa shape index (κ3) is 3.52. The predicted molar refractivity (Wildman–Crippen MR) is 76.6 cm³/mol. The molecule has 7 heteroatoms. The summed E-state index contributed by atoms with van der Waals surface area (Å²) in [6.45, 7) is 0. The van der Waals surface area contributed by atoms with Gasteiger partial charge in [-0.1, -0.05) is 11.6 Å². The van der Waals surface area contributed by atoms with Crippen LogP contribution in [0, 0.1) is 5.82 Å². The third-order valence-electron chi connectivity index (χ3n) is 2.20. The fraction of sp³-hybridized carbons (Fsp3) is 0. The molecule has 0 saturated heterocycles. The average molecular weight is 298 g/mol. The number of benzene rings is 1. The average Bonchev–Trinajstić information content (AvgIpc) is 2.81. The first kappa shape index (κ1) is 13.5. The molecule has 3 N–H and O–H groups in total. The smallest absolute Gasteiger partial charge is 0.184 e. The maximum atomic E-state index is 13.0. The fourth-order valence-electron chi connectivity index (χ4n) is 1.39. The Morgan fingerprint density at radius 1 is 1.42 bits per heavy atom. The SMILES string of the molecule is NC(=S)N/N=C\c1ccc(-c2ccc(F)c(Cl)c2)o1. The van der Waals surface area contributed by atoms with Crippen LogP contribution in [0.25, 0.3) is 11.3 Å². The minimum absolute atomic E-state index is 0.0410. The molecule has 2 rings (SSSR count). The molecule has 1 aromatic heterocycles. The number of hydrogen-bond donors (Lipinski definition) is 2. The second kappa shape index (κ2) is 5.81. The molecule has 4 nitrogen and oxygen atoms in total. The van der Waals surface area contributed by atoms with E-state index in [0.29, 0.717) is 17.1 Å². The molecule has 98 valence electrons. The lowest BCUT2D eigenvalue weighted by molar-refractivity contribution is 0.574. The lowest BCUT2D eigenvalue weighted by Gasteiger charge is -1.98. The molecule has 0 saturated carbocycles. The summed E-state index contributed by atoms with van der Waals surface area (Å²) in [6, 6.07) is 7.78. The molecule has 0 amide bonds. The lowest BCUT2D eigenvalue weighted by Crippen LogP contribution is -2.23. The van der Waals surface area contributed by atoms with Crippen molar-refractivity contribution >= 4 is 35.1 Å². The van der Waals surface area contributed by atoms with Crippen LogP contribution in [0.3, 0.4) is 0 Å². The molecule has 0 aliphatic rings. The second-order valence-corrected chi connectivity index (χ2v) is 4.41. The van der Waals surface area contributed by atoms with E-state index >= 15 is 0 Å². The Morgan fingerprint density at radius 2 is 2.21 bits per heavy atom. The van der Waals surface area contributed by atoms with Crippen LogP contribution in [0.5, 0.6) is 0 Å². The van der Waals surface area contributed by atoms with Crippen molar-refractivity contribution in [3.05, 3.63) is 46.9 Å². The van der Waals surface area contributed by atoms with Gasteiger partial charge in [0.2, 0.25) is 0 Å². The summed E-state index contributed by atoms with van der Waals surface area (Å²) in [5, 5.41) is 3.86. The number of nitrogens with one attached hydrogen (secondary N) is 1. The van der Waals surface area contributed by atoms with Gasteiger partial charge < -0.3 is 10.2 Å². The van der Waals surface area contributed by atoms with Gasteiger partial charge >= 0.3 is 0 Å². The lowest BCUT2D eigenvalue weighted by atomic mass is 10.2. The van der Waals surface area contributed by atoms with E-state index in [9.17, 15) is 4.39 Å². The standard InChI is InChI=1S/C12H9ClFN3OS/c13-9-5-7(1-3-10(9)14)11-4-2-8(18-11)6-16-17-12(15)19/h1-6H,(H3,15,17,19)/b16-6-. The monoisotopic (exact) mass is 297 g/mol. The van der Waals surface area contributed by atoms with Crippen molar-refractivity contribution < 1.29 is 8.81 Å². The molecule has 1 aromatic carbocycles. The van der Waals surface area contributed by atoms with Crippen LogP contribution in [-0.4, -0.2) is 11.3 Å². The first-order valence-electron chi connectivity index (χ1n) is 5.20. The maximum Gasteiger partial charge on any atom is 0.184 e. The van der Waals surface area contributed by atoms with Crippen LogP contribution in [0.2, 0.25) is 5.02 Å². The summed E-state index contributed by atoms with van der Waals surface area (Å²) in [4.78, 5) is 0. The van der Waals surface area contributed by atoms with Crippen LogP contribution >= 0.6 is 23.8 Å². The van der Waals surface area contributed by atoms with Gasteiger partial charge in [-0.3, -0.25) is 5.43 Å². The van der Waals surface area contributed by atoms with Gasteiger partial charge in [0, 0.05) is 5.56 Å². The van der Waals surface area contributed by atoms with Gasteiger partial charge in [0.1, 0.15) is 17.3 Å². The zero-order chi connectivity index (χ0) is 13.8. The zero-order valence-electron chi connectivity index (χ0n) is 9.56. The number of halogens is 2. The zero-order valence-corrected chi connectivity index (χ0v) is 11.1. The number of hydrazone groups is 1. The van der Waals surface area contributed by atoms with Gasteiger partial charge in [-0.25, -0.2) is 4.39 Å². The molecular formula is C12H9ClFN3OS. The molecule has 19 heavy (non-hydrogen) atoms. The summed E-state index contributed by atoms with van der Waals surface area (Å²) in [5.74, 6) is 0.581. The van der Waals surface area contributed by atoms with Crippen LogP contribution in [0.4, 0.5) is 4.39 Å². The Hall–Kier alpha value is -1.92. The number of thiocarbonyl (C=S) groups is 1. The summed E-state index contributed by atoms with van der Waals surface area (Å²) < 4.78 is 18.5. The highest BCUT2D eigenvalue weighted by atomic mass is 35.5. The van der Waals surface area contributed by atoms with Gasteiger partial charge in [-0.15, -0.1) is 0 Å². The summed E-state index contributed by atoms with van der Waals surface area (Å²) in [7, 11) is 0. The maximum absolute atomic E-state index is 13.0. The van der Waals surface area contributed by atoms with Crippen LogP contribution in [-0.2, 0) is 0 Å². The van der Waals surface area contributed by atoms with Gasteiger partial charge in [-0.05, 0) is 42.5 Å². The van der Waals surface area contributed by atoms with E-state index in [-0.39, 0.29) is 10.1 Å². The number of rotatable bonds is 3. The molecule has 0 bridgehead atoms. The Bertz CT molecular complexity index is 642. The normalized spacial score (nSPS) is 10.8. The van der Waals surface area contributed by atoms with Gasteiger partial charge in [0.25, 0.3) is 0 Å². The van der Waals surface area contributed by atoms with Crippen LogP contribution < -0.4 is 11.2 Å². The second-order valence-electron chi connectivity index (χ2n) is 3.57. The van der Waals surface area contributed by atoms with Crippen LogP contribution in [0.15, 0.2) is 39.9 Å². The molecule has 1 heterocycles. The minimum Gasteiger partial charge on any atom is -0.455 e. The van der Waals surface area contributed by atoms with E-state index in [2.05, 4.69) is 22.7 Å². The predicted octanol–water partition coefficient (Wildman–Crippen LogP) is 2.91. The van der Waals surface area contributed by atoms with Crippen molar-refractivity contribution in [2.75, 3.05) is 0 Å². The van der Waals surface area contributed by atoms with Gasteiger partial charge in [0.15, 0.2) is 5.11 Å². The Balaban J connectivity index is 2.18. The Labute approximate surface area is 119 Å². The van der Waals surface area contributed by atoms with Crippen molar-refractivity contribution in [2.24, 2.45) is 10.8 Å². The Kier molecular flexibility index (Phi) is 4.13. The molecule has 0 aliphatic carbocycles. The minimum atomic E-state index is -0.473. The summed E-state index contributed by atoms with van der Waals surface area (Å²) >= 11 is 10.3. The first-order valence-corrected chi connectivity index (χ1v) is 5.98. The molecule has 0 atom stereocenters. The molecule has 0 radical (unpaired) electrons. The highest BCUT2D eigenvalue weighted by Gasteiger charge is 2.06. The number of hydrogen-bond acceptors (Lipinski definition) is 3. The van der Waals surface area contributed by atoms with Crippen molar-refractivity contribution in [2.45, 2.75) is 0 Å². The van der Waals surface area contributed by atoms with E-state index < -0.39 is 5.82 Å². The van der Waals surface area contributed by atoms with E-state index in [1.807, 2.05) is 0 Å². The van der Waals surface area contributed by atoms with Gasteiger partial charge in [-0.2, -0.15) is 5.10 Å². The first-order chi connectivity index (χ1) is 9.06. The largest absolute Gasteiger partial charge is 0.455 e.